The Hall–Kier alpha value is -3.24. The summed E-state index contributed by atoms with van der Waals surface area (Å²) in [4.78, 5) is 43.6. The molecule has 33 heavy (non-hydrogen) atoms. The number of hydrogen-bond acceptors (Lipinski definition) is 6. The van der Waals surface area contributed by atoms with Crippen molar-refractivity contribution in [3.8, 4) is 0 Å². The van der Waals surface area contributed by atoms with Gasteiger partial charge in [0.05, 0.1) is 25.1 Å². The molecule has 1 fully saturated rings. The summed E-state index contributed by atoms with van der Waals surface area (Å²) in [5.41, 5.74) is 5.66. The van der Waals surface area contributed by atoms with Crippen molar-refractivity contribution in [3.63, 3.8) is 0 Å². The molecule has 0 radical (unpaired) electrons. The number of carbonyl (C=O) groups is 3. The molecule has 0 saturated carbocycles. The molecule has 2 aromatic rings. The van der Waals surface area contributed by atoms with Crippen LogP contribution in [-0.4, -0.2) is 63.4 Å². The Bertz CT molecular complexity index is 947. The molecule has 1 saturated heterocycles. The quantitative estimate of drug-likeness (QED) is 0.486. The molecule has 2 heterocycles. The molecule has 10 nitrogen and oxygen atoms in total. The topological polar surface area (TPSA) is 132 Å². The van der Waals surface area contributed by atoms with Gasteiger partial charge in [-0.1, -0.05) is 30.3 Å². The summed E-state index contributed by atoms with van der Waals surface area (Å²) < 4.78 is 7.30. The first-order valence-corrected chi connectivity index (χ1v) is 11.0. The van der Waals surface area contributed by atoms with Crippen molar-refractivity contribution in [3.05, 3.63) is 48.4 Å². The lowest BCUT2D eigenvalue weighted by Gasteiger charge is -2.23. The van der Waals surface area contributed by atoms with E-state index >= 15 is 0 Å². The Morgan fingerprint density at radius 3 is 2.55 bits per heavy atom. The van der Waals surface area contributed by atoms with E-state index < -0.39 is 23.4 Å². The van der Waals surface area contributed by atoms with Crippen LogP contribution in [0.2, 0.25) is 0 Å². The van der Waals surface area contributed by atoms with Crippen LogP contribution in [0.3, 0.4) is 0 Å². The van der Waals surface area contributed by atoms with Gasteiger partial charge in [-0.3, -0.25) is 14.4 Å². The van der Waals surface area contributed by atoms with Gasteiger partial charge >= 0.3 is 0 Å². The summed E-state index contributed by atoms with van der Waals surface area (Å²) in [7, 11) is 0. The van der Waals surface area contributed by atoms with Crippen molar-refractivity contribution in [2.75, 3.05) is 25.0 Å². The van der Waals surface area contributed by atoms with Gasteiger partial charge in [-0.2, -0.15) is 0 Å². The zero-order valence-corrected chi connectivity index (χ0v) is 19.1. The SMILES string of the molecule is CC(C)(N)C(=O)N[C@H](COCc1ccccc1)C(=O)Nc1cn(CC(=O)N2CCCC2)cn1. The van der Waals surface area contributed by atoms with E-state index in [0.717, 1.165) is 31.5 Å². The molecular formula is C23H32N6O4. The second-order valence-corrected chi connectivity index (χ2v) is 8.76. The van der Waals surface area contributed by atoms with Crippen LogP contribution in [0, 0.1) is 0 Å². The van der Waals surface area contributed by atoms with Gasteiger partial charge in [0.15, 0.2) is 5.82 Å². The molecule has 1 aromatic carbocycles. The average Bonchev–Trinajstić information content (AvgIpc) is 3.45. The van der Waals surface area contributed by atoms with E-state index in [2.05, 4.69) is 15.6 Å². The largest absolute Gasteiger partial charge is 0.374 e. The number of rotatable bonds is 10. The molecule has 10 heteroatoms. The number of amides is 3. The molecule has 178 valence electrons. The highest BCUT2D eigenvalue weighted by Crippen LogP contribution is 2.10. The molecule has 1 aromatic heterocycles. The van der Waals surface area contributed by atoms with E-state index in [4.69, 9.17) is 10.5 Å². The molecule has 1 atom stereocenters. The lowest BCUT2D eigenvalue weighted by molar-refractivity contribution is -0.131. The van der Waals surface area contributed by atoms with E-state index in [0.29, 0.717) is 6.61 Å². The average molecular weight is 457 g/mol. The maximum absolute atomic E-state index is 12.9. The highest BCUT2D eigenvalue weighted by atomic mass is 16.5. The van der Waals surface area contributed by atoms with Crippen molar-refractivity contribution in [1.82, 2.24) is 19.8 Å². The number of aromatic nitrogens is 2. The van der Waals surface area contributed by atoms with Crippen LogP contribution in [0.5, 0.6) is 0 Å². The highest BCUT2D eigenvalue weighted by molar-refractivity contribution is 5.98. The smallest absolute Gasteiger partial charge is 0.250 e. The first kappa shape index (κ1) is 24.4. The van der Waals surface area contributed by atoms with Gasteiger partial charge < -0.3 is 30.6 Å². The molecule has 1 aliphatic heterocycles. The summed E-state index contributed by atoms with van der Waals surface area (Å²) in [6, 6.07) is 8.54. The first-order chi connectivity index (χ1) is 15.7. The number of benzene rings is 1. The highest BCUT2D eigenvalue weighted by Gasteiger charge is 2.28. The maximum atomic E-state index is 12.9. The monoisotopic (exact) mass is 456 g/mol. The van der Waals surface area contributed by atoms with Gasteiger partial charge in [0.2, 0.25) is 11.8 Å². The summed E-state index contributed by atoms with van der Waals surface area (Å²) in [6.07, 6.45) is 5.13. The number of likely N-dealkylation sites (tertiary alicyclic amines) is 1. The normalized spacial score (nSPS) is 14.7. The Morgan fingerprint density at radius 1 is 1.18 bits per heavy atom. The van der Waals surface area contributed by atoms with Crippen LogP contribution in [0.1, 0.15) is 32.3 Å². The third-order valence-corrected chi connectivity index (χ3v) is 5.26. The van der Waals surface area contributed by atoms with Gasteiger partial charge in [-0.05, 0) is 32.3 Å². The maximum Gasteiger partial charge on any atom is 0.250 e. The Labute approximate surface area is 193 Å². The van der Waals surface area contributed by atoms with Gasteiger partial charge in [-0.25, -0.2) is 4.98 Å². The summed E-state index contributed by atoms with van der Waals surface area (Å²) >= 11 is 0. The number of hydrogen-bond donors (Lipinski definition) is 3. The number of anilines is 1. The third-order valence-electron chi connectivity index (χ3n) is 5.26. The zero-order valence-electron chi connectivity index (χ0n) is 19.1. The van der Waals surface area contributed by atoms with Crippen LogP contribution >= 0.6 is 0 Å². The van der Waals surface area contributed by atoms with E-state index in [1.165, 1.54) is 6.33 Å². The number of nitrogens with zero attached hydrogens (tertiary/aromatic N) is 3. The fourth-order valence-electron chi connectivity index (χ4n) is 3.34. The Balaban J connectivity index is 1.59. The minimum Gasteiger partial charge on any atom is -0.374 e. The predicted octanol–water partition coefficient (Wildman–Crippen LogP) is 0.883. The Morgan fingerprint density at radius 2 is 1.88 bits per heavy atom. The third kappa shape index (κ3) is 7.40. The first-order valence-electron chi connectivity index (χ1n) is 11.0. The fourth-order valence-corrected chi connectivity index (χ4v) is 3.34. The lowest BCUT2D eigenvalue weighted by atomic mass is 10.1. The molecule has 1 aliphatic rings. The van der Waals surface area contributed by atoms with Gasteiger partial charge in [0.1, 0.15) is 12.6 Å². The van der Waals surface area contributed by atoms with Crippen molar-refractivity contribution in [2.45, 2.75) is 51.4 Å². The second kappa shape index (κ2) is 11.1. The number of nitrogens with two attached hydrogens (primary N) is 1. The zero-order chi connectivity index (χ0) is 23.8. The van der Waals surface area contributed by atoms with Crippen molar-refractivity contribution >= 4 is 23.5 Å². The van der Waals surface area contributed by atoms with E-state index in [9.17, 15) is 14.4 Å². The molecule has 0 spiro atoms. The number of imidazole rings is 1. The molecule has 0 aliphatic carbocycles. The molecular weight excluding hydrogens is 424 g/mol. The molecule has 0 bridgehead atoms. The van der Waals surface area contributed by atoms with Crippen LogP contribution in [0.25, 0.3) is 0 Å². The van der Waals surface area contributed by atoms with Crippen LogP contribution < -0.4 is 16.4 Å². The van der Waals surface area contributed by atoms with Crippen LogP contribution in [-0.2, 0) is 32.3 Å². The lowest BCUT2D eigenvalue weighted by Crippen LogP contribution is -2.56. The van der Waals surface area contributed by atoms with Crippen LogP contribution in [0.15, 0.2) is 42.9 Å². The van der Waals surface area contributed by atoms with Gasteiger partial charge in [0, 0.05) is 19.3 Å². The van der Waals surface area contributed by atoms with Crippen molar-refractivity contribution in [1.29, 1.82) is 0 Å². The molecule has 3 rings (SSSR count). The predicted molar refractivity (Wildman–Crippen MR) is 123 cm³/mol. The summed E-state index contributed by atoms with van der Waals surface area (Å²) in [5.74, 6) is -0.666. The molecule has 4 N–H and O–H groups in total. The van der Waals surface area contributed by atoms with E-state index in [-0.39, 0.29) is 24.9 Å². The number of carbonyl (C=O) groups excluding carboxylic acids is 3. The molecule has 0 unspecified atom stereocenters. The Kier molecular flexibility index (Phi) is 8.18. The van der Waals surface area contributed by atoms with Crippen molar-refractivity contribution < 1.29 is 19.1 Å². The minimum atomic E-state index is -1.16. The second-order valence-electron chi connectivity index (χ2n) is 8.76. The van der Waals surface area contributed by atoms with Gasteiger partial charge in [0.25, 0.3) is 5.91 Å². The molecule has 3 amide bonds. The van der Waals surface area contributed by atoms with Crippen molar-refractivity contribution in [2.24, 2.45) is 5.73 Å². The number of ether oxygens (including phenoxy) is 1. The van der Waals surface area contributed by atoms with Gasteiger partial charge in [-0.15, -0.1) is 0 Å². The minimum absolute atomic E-state index is 0.0207. The van der Waals surface area contributed by atoms with Crippen LogP contribution in [0.4, 0.5) is 5.82 Å². The van der Waals surface area contributed by atoms with E-state index in [1.54, 1.807) is 24.6 Å². The summed E-state index contributed by atoms with van der Waals surface area (Å²) in [5, 5.41) is 5.32. The van der Waals surface area contributed by atoms with E-state index in [1.807, 2.05) is 35.2 Å². The fraction of sp³-hybridized carbons (Fsp3) is 0.478. The summed E-state index contributed by atoms with van der Waals surface area (Å²) in [6.45, 7) is 5.07. The number of nitrogens with one attached hydrogen (secondary N) is 2. The standard InChI is InChI=1S/C23H32N6O4/c1-23(2,24)22(32)26-18(15-33-14-17-8-4-3-5-9-17)21(31)27-19-12-28(16-25-19)13-20(30)29-10-6-7-11-29/h3-5,8-9,12,16,18H,6-7,10-11,13-15,24H2,1-2H3,(H,26,32)(H,27,31)/t18-/m1/s1.